The molecule has 3 aromatic rings. The smallest absolute Gasteiger partial charge is 0.253 e. The van der Waals surface area contributed by atoms with Crippen LogP contribution in [0.25, 0.3) is 5.69 Å². The van der Waals surface area contributed by atoms with E-state index in [0.717, 1.165) is 41.6 Å². The van der Waals surface area contributed by atoms with Crippen LogP contribution in [-0.2, 0) is 0 Å². The number of aryl methyl sites for hydroxylation is 1. The van der Waals surface area contributed by atoms with E-state index in [2.05, 4.69) is 25.7 Å². The Balaban J connectivity index is 1.45. The number of rotatable bonds is 3. The number of benzene rings is 1. The van der Waals surface area contributed by atoms with E-state index in [1.165, 1.54) is 6.33 Å². The largest absolute Gasteiger partial charge is 0.339 e. The molecule has 0 unspecified atom stereocenters. The number of nitrogens with zero attached hydrogens (tertiary/aromatic N) is 7. The van der Waals surface area contributed by atoms with E-state index in [4.69, 9.17) is 0 Å². The second-order valence-electron chi connectivity index (χ2n) is 6.03. The van der Waals surface area contributed by atoms with E-state index < -0.39 is 0 Å². The first-order valence-corrected chi connectivity index (χ1v) is 8.95. The van der Waals surface area contributed by atoms with E-state index >= 15 is 0 Å². The molecule has 0 radical (unpaired) electrons. The molecule has 1 amide bonds. The van der Waals surface area contributed by atoms with Gasteiger partial charge in [-0.1, -0.05) is 6.07 Å². The van der Waals surface area contributed by atoms with Crippen LogP contribution in [0.15, 0.2) is 30.6 Å². The summed E-state index contributed by atoms with van der Waals surface area (Å²) in [5.74, 6) is 0.449. The number of hydrogen-bond donors (Lipinski definition) is 0. The van der Waals surface area contributed by atoms with Crippen LogP contribution in [0.1, 0.15) is 39.1 Å². The second-order valence-corrected chi connectivity index (χ2v) is 7.24. The lowest BCUT2D eigenvalue weighted by atomic mass is 9.97. The summed E-state index contributed by atoms with van der Waals surface area (Å²) in [6, 6.07) is 7.37. The molecule has 128 valence electrons. The van der Waals surface area contributed by atoms with Gasteiger partial charge in [-0.05, 0) is 48.4 Å². The van der Waals surface area contributed by atoms with Gasteiger partial charge in [0, 0.05) is 24.6 Å². The second kappa shape index (κ2) is 6.67. The average molecular weight is 355 g/mol. The number of tetrazole rings is 1. The third-order valence-corrected chi connectivity index (χ3v) is 5.38. The van der Waals surface area contributed by atoms with Crippen molar-refractivity contribution in [3.05, 3.63) is 46.2 Å². The topological polar surface area (TPSA) is 89.7 Å². The SMILES string of the molecule is Cc1nnc(C2CCN(C(=O)c3cccc(-n4cnnn4)c3)CC2)s1. The lowest BCUT2D eigenvalue weighted by Crippen LogP contribution is -2.37. The van der Waals surface area contributed by atoms with Gasteiger partial charge in [0.2, 0.25) is 0 Å². The molecular weight excluding hydrogens is 338 g/mol. The highest BCUT2D eigenvalue weighted by Gasteiger charge is 2.26. The Labute approximate surface area is 148 Å². The van der Waals surface area contributed by atoms with Gasteiger partial charge in [0.05, 0.1) is 5.69 Å². The van der Waals surface area contributed by atoms with Crippen LogP contribution in [0.4, 0.5) is 0 Å². The molecule has 0 spiro atoms. The van der Waals surface area contributed by atoms with Gasteiger partial charge in [0.25, 0.3) is 5.91 Å². The summed E-state index contributed by atoms with van der Waals surface area (Å²) in [6.07, 6.45) is 3.36. The Hall–Kier alpha value is -2.68. The first-order valence-electron chi connectivity index (χ1n) is 8.13. The van der Waals surface area contributed by atoms with Crippen molar-refractivity contribution in [1.82, 2.24) is 35.3 Å². The standard InChI is InChI=1S/C16H17N7OS/c1-11-18-19-15(25-11)12-5-7-22(8-6-12)16(24)13-3-2-4-14(9-13)23-10-17-20-21-23/h2-4,9-10,12H,5-8H2,1H3. The van der Waals surface area contributed by atoms with E-state index in [9.17, 15) is 4.79 Å². The van der Waals surface area contributed by atoms with E-state index in [-0.39, 0.29) is 5.91 Å². The highest BCUT2D eigenvalue weighted by Crippen LogP contribution is 2.30. The van der Waals surface area contributed by atoms with Gasteiger partial charge in [0.1, 0.15) is 16.3 Å². The Morgan fingerprint density at radius 3 is 2.76 bits per heavy atom. The van der Waals surface area contributed by atoms with Crippen LogP contribution >= 0.6 is 11.3 Å². The van der Waals surface area contributed by atoms with Crippen molar-refractivity contribution in [2.45, 2.75) is 25.7 Å². The average Bonchev–Trinajstić information content (AvgIpc) is 3.33. The summed E-state index contributed by atoms with van der Waals surface area (Å²) in [6.45, 7) is 3.44. The van der Waals surface area contributed by atoms with Crippen LogP contribution in [0.3, 0.4) is 0 Å². The fraction of sp³-hybridized carbons (Fsp3) is 0.375. The highest BCUT2D eigenvalue weighted by molar-refractivity contribution is 7.11. The van der Waals surface area contributed by atoms with Gasteiger partial charge in [0.15, 0.2) is 0 Å². The third-order valence-electron chi connectivity index (χ3n) is 4.38. The summed E-state index contributed by atoms with van der Waals surface area (Å²) in [4.78, 5) is 14.7. The lowest BCUT2D eigenvalue weighted by Gasteiger charge is -2.31. The zero-order valence-electron chi connectivity index (χ0n) is 13.7. The van der Waals surface area contributed by atoms with Gasteiger partial charge in [-0.15, -0.1) is 26.6 Å². The molecule has 0 bridgehead atoms. The molecule has 1 aliphatic rings. The van der Waals surface area contributed by atoms with Gasteiger partial charge in [-0.3, -0.25) is 4.79 Å². The van der Waals surface area contributed by atoms with Gasteiger partial charge in [-0.25, -0.2) is 4.68 Å². The molecule has 0 aliphatic carbocycles. The number of carbonyl (C=O) groups excluding carboxylic acids is 1. The minimum Gasteiger partial charge on any atom is -0.339 e. The molecule has 0 N–H and O–H groups in total. The predicted molar refractivity (Wildman–Crippen MR) is 91.7 cm³/mol. The Morgan fingerprint density at radius 1 is 1.24 bits per heavy atom. The van der Waals surface area contributed by atoms with Crippen LogP contribution in [0, 0.1) is 6.92 Å². The maximum Gasteiger partial charge on any atom is 0.253 e. The van der Waals surface area contributed by atoms with Gasteiger partial charge < -0.3 is 4.90 Å². The van der Waals surface area contributed by atoms with Crippen molar-refractivity contribution in [2.75, 3.05) is 13.1 Å². The number of hydrogen-bond acceptors (Lipinski definition) is 7. The molecular formula is C16H17N7OS. The fourth-order valence-electron chi connectivity index (χ4n) is 3.05. The van der Waals surface area contributed by atoms with Crippen molar-refractivity contribution < 1.29 is 4.79 Å². The Kier molecular flexibility index (Phi) is 4.22. The van der Waals surface area contributed by atoms with Gasteiger partial charge >= 0.3 is 0 Å². The predicted octanol–water partition coefficient (Wildman–Crippen LogP) is 1.84. The monoisotopic (exact) mass is 355 g/mol. The number of piperidine rings is 1. The van der Waals surface area contributed by atoms with E-state index in [0.29, 0.717) is 11.5 Å². The molecule has 0 atom stereocenters. The van der Waals surface area contributed by atoms with Crippen LogP contribution in [0.5, 0.6) is 0 Å². The van der Waals surface area contributed by atoms with Crippen LogP contribution < -0.4 is 0 Å². The number of aromatic nitrogens is 6. The summed E-state index contributed by atoms with van der Waals surface area (Å²) in [7, 11) is 0. The molecule has 4 rings (SSSR count). The minimum atomic E-state index is 0.0434. The summed E-state index contributed by atoms with van der Waals surface area (Å²) < 4.78 is 1.54. The Bertz CT molecular complexity index is 868. The quantitative estimate of drug-likeness (QED) is 0.712. The van der Waals surface area contributed by atoms with Crippen LogP contribution in [0.2, 0.25) is 0 Å². The highest BCUT2D eigenvalue weighted by atomic mass is 32.1. The fourth-order valence-corrected chi connectivity index (χ4v) is 3.92. The zero-order valence-corrected chi connectivity index (χ0v) is 14.6. The van der Waals surface area contributed by atoms with Crippen molar-refractivity contribution in [3.8, 4) is 5.69 Å². The normalized spacial score (nSPS) is 15.5. The lowest BCUT2D eigenvalue weighted by molar-refractivity contribution is 0.0713. The summed E-state index contributed by atoms with van der Waals surface area (Å²) in [5, 5.41) is 21.6. The molecule has 1 aliphatic heterocycles. The first-order chi connectivity index (χ1) is 12.2. The zero-order chi connectivity index (χ0) is 17.2. The van der Waals surface area contributed by atoms with Crippen molar-refractivity contribution >= 4 is 17.2 Å². The maximum atomic E-state index is 12.8. The number of likely N-dealkylation sites (tertiary alicyclic amines) is 1. The summed E-state index contributed by atoms with van der Waals surface area (Å²) >= 11 is 1.65. The van der Waals surface area contributed by atoms with E-state index in [1.54, 1.807) is 16.0 Å². The van der Waals surface area contributed by atoms with Crippen LogP contribution in [-0.4, -0.2) is 54.3 Å². The third kappa shape index (κ3) is 3.27. The molecule has 0 saturated carbocycles. The van der Waals surface area contributed by atoms with Crippen molar-refractivity contribution in [2.24, 2.45) is 0 Å². The molecule has 8 nitrogen and oxygen atoms in total. The first kappa shape index (κ1) is 15.8. The molecule has 2 aromatic heterocycles. The molecule has 1 aromatic carbocycles. The number of amides is 1. The van der Waals surface area contributed by atoms with E-state index in [1.807, 2.05) is 36.1 Å². The molecule has 1 saturated heterocycles. The van der Waals surface area contributed by atoms with Crippen molar-refractivity contribution in [1.29, 1.82) is 0 Å². The minimum absolute atomic E-state index is 0.0434. The molecule has 1 fully saturated rings. The number of carbonyl (C=O) groups is 1. The maximum absolute atomic E-state index is 12.8. The molecule has 25 heavy (non-hydrogen) atoms. The summed E-state index contributed by atoms with van der Waals surface area (Å²) in [5.41, 5.74) is 1.42. The van der Waals surface area contributed by atoms with Crippen molar-refractivity contribution in [3.63, 3.8) is 0 Å². The molecule has 9 heteroatoms. The van der Waals surface area contributed by atoms with Gasteiger partial charge in [-0.2, -0.15) is 0 Å². The molecule has 3 heterocycles. The Morgan fingerprint density at radius 2 is 2.08 bits per heavy atom.